The van der Waals surface area contributed by atoms with Crippen LogP contribution in [-0.4, -0.2) is 54.4 Å². The number of rotatable bonds is 5. The first-order chi connectivity index (χ1) is 13.8. The van der Waals surface area contributed by atoms with Crippen LogP contribution in [0.1, 0.15) is 24.0 Å². The number of benzene rings is 1. The zero-order valence-corrected chi connectivity index (χ0v) is 16.3. The molecule has 2 aromatic rings. The van der Waals surface area contributed by atoms with Gasteiger partial charge >= 0.3 is 0 Å². The van der Waals surface area contributed by atoms with Gasteiger partial charge in [0.05, 0.1) is 7.11 Å². The van der Waals surface area contributed by atoms with Crippen LogP contribution in [0, 0.1) is 5.92 Å². The third-order valence-corrected chi connectivity index (χ3v) is 6.18. The Hall–Kier alpha value is -2.31. The van der Waals surface area contributed by atoms with Crippen molar-refractivity contribution >= 4 is 0 Å². The molecule has 0 saturated carbocycles. The van der Waals surface area contributed by atoms with E-state index in [0.717, 1.165) is 49.3 Å². The van der Waals surface area contributed by atoms with Gasteiger partial charge < -0.3 is 14.2 Å². The quantitative estimate of drug-likeness (QED) is 0.794. The molecule has 4 aliphatic rings. The van der Waals surface area contributed by atoms with Gasteiger partial charge in [0.25, 0.3) is 0 Å². The summed E-state index contributed by atoms with van der Waals surface area (Å²) in [6.45, 7) is 5.59. The number of methoxy groups -OCH3 is 1. The van der Waals surface area contributed by atoms with E-state index < -0.39 is 0 Å². The van der Waals surface area contributed by atoms with Crippen LogP contribution in [-0.2, 0) is 13.1 Å². The molecule has 1 aromatic heterocycles. The molecule has 28 heavy (non-hydrogen) atoms. The summed E-state index contributed by atoms with van der Waals surface area (Å²) >= 11 is 0. The predicted octanol–water partition coefficient (Wildman–Crippen LogP) is 2.92. The second kappa shape index (κ2) is 7.60. The number of aromatic nitrogens is 1. The maximum atomic E-state index is 5.64. The maximum Gasteiger partial charge on any atom is 0.231 e. The van der Waals surface area contributed by atoms with Crippen molar-refractivity contribution in [3.63, 3.8) is 0 Å². The molecule has 2 atom stereocenters. The van der Waals surface area contributed by atoms with E-state index in [4.69, 9.17) is 14.2 Å². The molecule has 0 unspecified atom stereocenters. The summed E-state index contributed by atoms with van der Waals surface area (Å²) < 4.78 is 16.7. The van der Waals surface area contributed by atoms with E-state index in [1.54, 1.807) is 7.11 Å². The Bertz CT molecular complexity index is 829. The van der Waals surface area contributed by atoms with Crippen LogP contribution >= 0.6 is 0 Å². The molecule has 0 radical (unpaired) electrons. The Balaban J connectivity index is 1.32. The first-order valence-corrected chi connectivity index (χ1v) is 10.1. The van der Waals surface area contributed by atoms with Crippen LogP contribution in [0.2, 0.25) is 0 Å². The monoisotopic (exact) mass is 381 g/mol. The molecule has 1 aromatic carbocycles. The lowest BCUT2D eigenvalue weighted by Crippen LogP contribution is -2.43. The van der Waals surface area contributed by atoms with Crippen molar-refractivity contribution in [1.82, 2.24) is 14.8 Å². The second-order valence-corrected chi connectivity index (χ2v) is 8.10. The molecule has 6 nitrogen and oxygen atoms in total. The van der Waals surface area contributed by atoms with Gasteiger partial charge in [-0.15, -0.1) is 0 Å². The summed E-state index contributed by atoms with van der Waals surface area (Å²) in [6.07, 6.45) is 6.42. The Morgan fingerprint density at radius 3 is 2.82 bits per heavy atom. The minimum atomic E-state index is 0.291. The smallest absolute Gasteiger partial charge is 0.231 e. The lowest BCUT2D eigenvalue weighted by Gasteiger charge is -2.36. The van der Waals surface area contributed by atoms with Crippen molar-refractivity contribution in [3.05, 3.63) is 47.8 Å². The molecule has 3 saturated heterocycles. The molecule has 5 heterocycles. The Kier molecular flexibility index (Phi) is 4.82. The van der Waals surface area contributed by atoms with Gasteiger partial charge in [0, 0.05) is 62.8 Å². The molecule has 148 valence electrons. The van der Waals surface area contributed by atoms with E-state index in [1.165, 1.54) is 30.5 Å². The molecule has 0 spiro atoms. The third-order valence-electron chi connectivity index (χ3n) is 6.18. The number of piperidine rings is 1. The summed E-state index contributed by atoms with van der Waals surface area (Å²) in [5.74, 6) is 3.21. The third kappa shape index (κ3) is 3.54. The van der Waals surface area contributed by atoms with E-state index >= 15 is 0 Å². The zero-order chi connectivity index (χ0) is 18.9. The lowest BCUT2D eigenvalue weighted by atomic mass is 9.94. The highest BCUT2D eigenvalue weighted by Crippen LogP contribution is 2.39. The highest BCUT2D eigenvalue weighted by molar-refractivity contribution is 5.51. The molecular weight excluding hydrogens is 354 g/mol. The van der Waals surface area contributed by atoms with Crippen LogP contribution < -0.4 is 14.2 Å². The summed E-state index contributed by atoms with van der Waals surface area (Å²) in [6, 6.07) is 8.83. The molecule has 6 heteroatoms. The molecule has 0 aliphatic carbocycles. The van der Waals surface area contributed by atoms with Crippen LogP contribution in [0.25, 0.3) is 0 Å². The fourth-order valence-electron chi connectivity index (χ4n) is 4.85. The van der Waals surface area contributed by atoms with Crippen LogP contribution in [0.4, 0.5) is 0 Å². The van der Waals surface area contributed by atoms with Crippen molar-refractivity contribution in [2.75, 3.05) is 33.5 Å². The number of pyridine rings is 1. The molecule has 0 N–H and O–H groups in total. The molecule has 2 bridgehead atoms. The Morgan fingerprint density at radius 1 is 1.11 bits per heavy atom. The van der Waals surface area contributed by atoms with Crippen molar-refractivity contribution in [2.24, 2.45) is 5.92 Å². The number of fused-ring (bicyclic) bond motifs is 5. The van der Waals surface area contributed by atoms with Crippen molar-refractivity contribution in [2.45, 2.75) is 32.0 Å². The SMILES string of the molecule is COc1cc2c(cc1CN1C[C@H]3CC[C@@H]1CN(Cc1cccnc1)C3)OCO2. The van der Waals surface area contributed by atoms with Gasteiger partial charge in [-0.1, -0.05) is 6.07 Å². The van der Waals surface area contributed by atoms with Gasteiger partial charge in [-0.3, -0.25) is 14.8 Å². The minimum absolute atomic E-state index is 0.291. The fourth-order valence-corrected chi connectivity index (χ4v) is 4.85. The van der Waals surface area contributed by atoms with Crippen molar-refractivity contribution in [1.29, 1.82) is 0 Å². The first-order valence-electron chi connectivity index (χ1n) is 10.1. The van der Waals surface area contributed by atoms with Gasteiger partial charge in [0.2, 0.25) is 6.79 Å². The molecular formula is C22H27N3O3. The van der Waals surface area contributed by atoms with E-state index in [-0.39, 0.29) is 0 Å². The van der Waals surface area contributed by atoms with Gasteiger partial charge in [0.15, 0.2) is 11.5 Å². The average molecular weight is 381 g/mol. The number of ether oxygens (including phenoxy) is 3. The van der Waals surface area contributed by atoms with Gasteiger partial charge in [-0.25, -0.2) is 0 Å². The predicted molar refractivity (Wildman–Crippen MR) is 106 cm³/mol. The number of nitrogens with zero attached hydrogens (tertiary/aromatic N) is 3. The average Bonchev–Trinajstić information content (AvgIpc) is 3.00. The minimum Gasteiger partial charge on any atom is -0.496 e. The summed E-state index contributed by atoms with van der Waals surface area (Å²) in [4.78, 5) is 9.52. The standard InChI is InChI=1S/C22H27N3O3/c1-26-20-8-22-21(27-15-28-22)7-18(20)13-25-12-17-4-5-19(25)14-24(11-17)10-16-3-2-6-23-9-16/h2-3,6-9,17,19H,4-5,10-15H2,1H3/t17-,19+/m0/s1. The largest absolute Gasteiger partial charge is 0.496 e. The topological polar surface area (TPSA) is 47.1 Å². The Morgan fingerprint density at radius 2 is 2.00 bits per heavy atom. The van der Waals surface area contributed by atoms with Crippen molar-refractivity contribution in [3.8, 4) is 17.2 Å². The highest BCUT2D eigenvalue weighted by Gasteiger charge is 2.35. The van der Waals surface area contributed by atoms with Crippen LogP contribution in [0.15, 0.2) is 36.7 Å². The van der Waals surface area contributed by atoms with Gasteiger partial charge in [-0.2, -0.15) is 0 Å². The van der Waals surface area contributed by atoms with Crippen LogP contribution in [0.3, 0.4) is 0 Å². The lowest BCUT2D eigenvalue weighted by molar-refractivity contribution is 0.122. The first kappa shape index (κ1) is 17.8. The van der Waals surface area contributed by atoms with E-state index in [1.807, 2.05) is 24.5 Å². The highest BCUT2D eigenvalue weighted by atomic mass is 16.7. The van der Waals surface area contributed by atoms with Crippen molar-refractivity contribution < 1.29 is 14.2 Å². The van der Waals surface area contributed by atoms with Gasteiger partial charge in [-0.05, 0) is 36.5 Å². The van der Waals surface area contributed by atoms with E-state index in [0.29, 0.717) is 12.8 Å². The number of hydrogen-bond acceptors (Lipinski definition) is 6. The summed E-state index contributed by atoms with van der Waals surface area (Å²) in [7, 11) is 1.73. The normalized spacial score (nSPS) is 24.3. The fraction of sp³-hybridized carbons (Fsp3) is 0.500. The van der Waals surface area contributed by atoms with E-state index in [2.05, 4.69) is 26.9 Å². The zero-order valence-electron chi connectivity index (χ0n) is 16.3. The molecule has 6 rings (SSSR count). The van der Waals surface area contributed by atoms with Crippen LogP contribution in [0.5, 0.6) is 17.2 Å². The molecule has 0 amide bonds. The number of hydrogen-bond donors (Lipinski definition) is 0. The van der Waals surface area contributed by atoms with E-state index in [9.17, 15) is 0 Å². The second-order valence-electron chi connectivity index (χ2n) is 8.10. The summed E-state index contributed by atoms with van der Waals surface area (Å²) in [5, 5.41) is 0. The Labute approximate surface area is 166 Å². The van der Waals surface area contributed by atoms with Gasteiger partial charge in [0.1, 0.15) is 5.75 Å². The maximum absolute atomic E-state index is 5.64. The molecule has 3 fully saturated rings. The molecule has 4 aliphatic heterocycles. The summed E-state index contributed by atoms with van der Waals surface area (Å²) in [5.41, 5.74) is 2.48.